The Morgan fingerprint density at radius 1 is 1.37 bits per heavy atom. The predicted octanol–water partition coefficient (Wildman–Crippen LogP) is 4.57. The van der Waals surface area contributed by atoms with Crippen LogP contribution in [0.15, 0.2) is 18.3 Å². The van der Waals surface area contributed by atoms with E-state index in [2.05, 4.69) is 9.97 Å². The Labute approximate surface area is 159 Å². The maximum atomic E-state index is 13.4. The molecule has 27 heavy (non-hydrogen) atoms. The number of thiazole rings is 1. The minimum absolute atomic E-state index is 0.0403. The third kappa shape index (κ3) is 3.52. The number of hydrogen-bond donors (Lipinski definition) is 1. The van der Waals surface area contributed by atoms with E-state index in [1.165, 1.54) is 23.6 Å². The van der Waals surface area contributed by atoms with Crippen molar-refractivity contribution >= 4 is 17.4 Å². The van der Waals surface area contributed by atoms with Gasteiger partial charge in [-0.25, -0.2) is 9.78 Å². The van der Waals surface area contributed by atoms with Gasteiger partial charge in [-0.3, -0.25) is 4.98 Å². The third-order valence-electron chi connectivity index (χ3n) is 5.01. The van der Waals surface area contributed by atoms with E-state index in [-0.39, 0.29) is 11.7 Å². The third-order valence-corrected chi connectivity index (χ3v) is 6.31. The van der Waals surface area contributed by atoms with Gasteiger partial charge in [0, 0.05) is 12.7 Å². The molecule has 0 bridgehead atoms. The van der Waals surface area contributed by atoms with Crippen molar-refractivity contribution in [3.8, 4) is 10.4 Å². The SMILES string of the molecule is Cc1nc(C2CCCN2C(N)=O)sc1-c1ccnc(C(C)(C)C(F)(F)F)c1. The molecule has 2 aromatic rings. The molecule has 0 saturated carbocycles. The topological polar surface area (TPSA) is 72.1 Å². The van der Waals surface area contributed by atoms with E-state index in [0.29, 0.717) is 17.8 Å². The van der Waals surface area contributed by atoms with E-state index in [1.54, 1.807) is 11.0 Å². The van der Waals surface area contributed by atoms with Gasteiger partial charge < -0.3 is 10.6 Å². The minimum atomic E-state index is -4.40. The van der Waals surface area contributed by atoms with Gasteiger partial charge in [-0.1, -0.05) is 0 Å². The second-order valence-electron chi connectivity index (χ2n) is 7.21. The molecule has 2 N–H and O–H groups in total. The first kappa shape index (κ1) is 19.6. The average Bonchev–Trinajstić information content (AvgIpc) is 3.20. The van der Waals surface area contributed by atoms with Crippen molar-refractivity contribution in [2.75, 3.05) is 6.54 Å². The van der Waals surface area contributed by atoms with Crippen LogP contribution < -0.4 is 5.73 Å². The van der Waals surface area contributed by atoms with E-state index in [4.69, 9.17) is 5.73 Å². The summed E-state index contributed by atoms with van der Waals surface area (Å²) >= 11 is 1.39. The van der Waals surface area contributed by atoms with Gasteiger partial charge in [-0.2, -0.15) is 13.2 Å². The molecule has 1 atom stereocenters. The second kappa shape index (κ2) is 6.78. The predicted molar refractivity (Wildman–Crippen MR) is 97.4 cm³/mol. The molecule has 1 aliphatic heterocycles. The van der Waals surface area contributed by atoms with Crippen molar-refractivity contribution in [1.29, 1.82) is 0 Å². The Morgan fingerprint density at radius 3 is 2.70 bits per heavy atom. The zero-order chi connectivity index (χ0) is 20.0. The molecule has 0 aromatic carbocycles. The smallest absolute Gasteiger partial charge is 0.351 e. The number of halogens is 3. The molecule has 1 saturated heterocycles. The molecule has 2 aromatic heterocycles. The van der Waals surface area contributed by atoms with Crippen LogP contribution >= 0.6 is 11.3 Å². The number of aryl methyl sites for hydroxylation is 1. The van der Waals surface area contributed by atoms with Crippen molar-refractivity contribution in [2.24, 2.45) is 5.73 Å². The van der Waals surface area contributed by atoms with Gasteiger partial charge in [0.1, 0.15) is 10.4 Å². The monoisotopic (exact) mass is 398 g/mol. The van der Waals surface area contributed by atoms with Crippen LogP contribution in [0, 0.1) is 6.92 Å². The normalized spacial score (nSPS) is 18.1. The standard InChI is InChI=1S/C18H21F3N4OS/c1-10-14(27-15(24-10)12-5-4-8-25(12)16(22)26)11-6-7-23-13(9-11)17(2,3)18(19,20)21/h6-7,9,12H,4-5,8H2,1-3H3,(H2,22,26). The van der Waals surface area contributed by atoms with Crippen molar-refractivity contribution in [3.05, 3.63) is 34.7 Å². The largest absolute Gasteiger partial charge is 0.399 e. The van der Waals surface area contributed by atoms with Crippen LogP contribution in [0.2, 0.25) is 0 Å². The molecule has 1 fully saturated rings. The number of urea groups is 1. The lowest BCUT2D eigenvalue weighted by Gasteiger charge is -2.27. The fourth-order valence-corrected chi connectivity index (χ4v) is 4.38. The van der Waals surface area contributed by atoms with E-state index < -0.39 is 17.6 Å². The highest BCUT2D eigenvalue weighted by molar-refractivity contribution is 7.15. The first-order chi connectivity index (χ1) is 12.5. The number of rotatable bonds is 3. The molecule has 146 valence electrons. The van der Waals surface area contributed by atoms with E-state index in [9.17, 15) is 18.0 Å². The number of alkyl halides is 3. The fraction of sp³-hybridized carbons (Fsp3) is 0.500. The Morgan fingerprint density at radius 2 is 2.07 bits per heavy atom. The lowest BCUT2D eigenvalue weighted by atomic mass is 9.87. The first-order valence-electron chi connectivity index (χ1n) is 8.59. The summed E-state index contributed by atoms with van der Waals surface area (Å²) in [6, 6.07) is 2.50. The van der Waals surface area contributed by atoms with Crippen LogP contribution in [0.4, 0.5) is 18.0 Å². The van der Waals surface area contributed by atoms with Gasteiger partial charge in [0.2, 0.25) is 0 Å². The van der Waals surface area contributed by atoms with E-state index >= 15 is 0 Å². The van der Waals surface area contributed by atoms with Crippen LogP contribution in [0.3, 0.4) is 0 Å². The van der Waals surface area contributed by atoms with Gasteiger partial charge in [0.15, 0.2) is 0 Å². The highest BCUT2D eigenvalue weighted by Crippen LogP contribution is 2.42. The lowest BCUT2D eigenvalue weighted by Crippen LogP contribution is -2.37. The molecule has 3 heterocycles. The first-order valence-corrected chi connectivity index (χ1v) is 9.41. The summed E-state index contributed by atoms with van der Waals surface area (Å²) < 4.78 is 40.1. The molecule has 0 radical (unpaired) electrons. The molecule has 0 aliphatic carbocycles. The Hall–Kier alpha value is -2.16. The number of pyridine rings is 1. The summed E-state index contributed by atoms with van der Waals surface area (Å²) in [5.41, 5.74) is 4.70. The zero-order valence-corrected chi connectivity index (χ0v) is 16.1. The highest BCUT2D eigenvalue weighted by Gasteiger charge is 2.49. The van der Waals surface area contributed by atoms with Gasteiger partial charge in [-0.15, -0.1) is 11.3 Å². The summed E-state index contributed by atoms with van der Waals surface area (Å²) in [5, 5.41) is 0.757. The molecule has 5 nitrogen and oxygen atoms in total. The summed E-state index contributed by atoms with van der Waals surface area (Å²) in [6.07, 6.45) is -1.39. The molecule has 2 amide bonds. The average molecular weight is 398 g/mol. The number of nitrogens with two attached hydrogens (primary N) is 1. The van der Waals surface area contributed by atoms with Crippen LogP contribution in [-0.2, 0) is 5.41 Å². The van der Waals surface area contributed by atoms with Crippen molar-refractivity contribution in [1.82, 2.24) is 14.9 Å². The number of likely N-dealkylation sites (tertiary alicyclic amines) is 1. The number of amides is 2. The summed E-state index contributed by atoms with van der Waals surface area (Å²) in [7, 11) is 0. The molecular formula is C18H21F3N4OS. The van der Waals surface area contributed by atoms with Crippen molar-refractivity contribution < 1.29 is 18.0 Å². The van der Waals surface area contributed by atoms with Crippen LogP contribution in [0.1, 0.15) is 49.1 Å². The number of primary amides is 1. The Kier molecular flexibility index (Phi) is 4.92. The van der Waals surface area contributed by atoms with Crippen molar-refractivity contribution in [3.63, 3.8) is 0 Å². The maximum absolute atomic E-state index is 13.4. The second-order valence-corrected chi connectivity index (χ2v) is 8.24. The summed E-state index contributed by atoms with van der Waals surface area (Å²) in [4.78, 5) is 22.5. The Balaban J connectivity index is 1.98. The van der Waals surface area contributed by atoms with Crippen LogP contribution in [-0.4, -0.2) is 33.6 Å². The molecule has 1 aliphatic rings. The van der Waals surface area contributed by atoms with Gasteiger partial charge in [0.05, 0.1) is 22.3 Å². The number of hydrogen-bond acceptors (Lipinski definition) is 4. The maximum Gasteiger partial charge on any atom is 0.399 e. The fourth-order valence-electron chi connectivity index (χ4n) is 3.17. The quantitative estimate of drug-likeness (QED) is 0.823. The Bertz CT molecular complexity index is 863. The number of carbonyl (C=O) groups is 1. The van der Waals surface area contributed by atoms with Crippen LogP contribution in [0.25, 0.3) is 10.4 Å². The molecular weight excluding hydrogens is 377 g/mol. The van der Waals surface area contributed by atoms with Gasteiger partial charge >= 0.3 is 12.2 Å². The molecule has 9 heteroatoms. The van der Waals surface area contributed by atoms with E-state index in [1.807, 2.05) is 6.92 Å². The lowest BCUT2D eigenvalue weighted by molar-refractivity contribution is -0.181. The zero-order valence-electron chi connectivity index (χ0n) is 15.3. The van der Waals surface area contributed by atoms with Gasteiger partial charge in [0.25, 0.3) is 0 Å². The summed E-state index contributed by atoms with van der Waals surface area (Å²) in [6.45, 7) is 4.64. The van der Waals surface area contributed by atoms with Crippen LogP contribution in [0.5, 0.6) is 0 Å². The highest BCUT2D eigenvalue weighted by atomic mass is 32.1. The summed E-state index contributed by atoms with van der Waals surface area (Å²) in [5.74, 6) is 0. The van der Waals surface area contributed by atoms with Gasteiger partial charge in [-0.05, 0) is 51.3 Å². The molecule has 0 spiro atoms. The number of aromatic nitrogens is 2. The number of nitrogens with zero attached hydrogens (tertiary/aromatic N) is 3. The molecule has 1 unspecified atom stereocenters. The minimum Gasteiger partial charge on any atom is -0.351 e. The number of carbonyl (C=O) groups excluding carboxylic acids is 1. The van der Waals surface area contributed by atoms with Crippen molar-refractivity contribution in [2.45, 2.75) is 51.2 Å². The van der Waals surface area contributed by atoms with E-state index in [0.717, 1.165) is 36.6 Å². The molecule has 3 rings (SSSR count).